The molecule has 1 aromatic rings. The quantitative estimate of drug-likeness (QED) is 0.745. The van der Waals surface area contributed by atoms with E-state index in [0.717, 1.165) is 21.1 Å². The van der Waals surface area contributed by atoms with E-state index in [2.05, 4.69) is 29.5 Å². The first-order valence-corrected chi connectivity index (χ1v) is 7.80. The molecule has 1 saturated heterocycles. The topological polar surface area (TPSA) is 29.5 Å². The van der Waals surface area contributed by atoms with Crippen molar-refractivity contribution in [1.29, 1.82) is 0 Å². The van der Waals surface area contributed by atoms with Gasteiger partial charge in [0, 0.05) is 10.1 Å². The monoisotopic (exact) mass is 373 g/mol. The fraction of sp³-hybridized carbons (Fsp3) is 0.533. The van der Waals surface area contributed by atoms with Gasteiger partial charge in [0.1, 0.15) is 0 Å². The number of nitrogens with zero attached hydrogens (tertiary/aromatic N) is 1. The molecule has 1 aromatic carbocycles. The molecule has 1 heterocycles. The number of ether oxygens (including phenoxy) is 1. The Hall–Kier alpha value is -0.620. The minimum atomic E-state index is 0.120. The van der Waals surface area contributed by atoms with E-state index in [1.54, 1.807) is 0 Å². The molecule has 2 unspecified atom stereocenters. The maximum absolute atomic E-state index is 12.8. The molecule has 3 nitrogen and oxygen atoms in total. The first-order chi connectivity index (χ1) is 9.04. The third kappa shape index (κ3) is 3.11. The van der Waals surface area contributed by atoms with Gasteiger partial charge in [0.25, 0.3) is 5.91 Å². The van der Waals surface area contributed by atoms with E-state index in [-0.39, 0.29) is 18.1 Å². The van der Waals surface area contributed by atoms with Crippen LogP contribution in [0, 0.1) is 10.5 Å². The molecule has 0 spiro atoms. The number of hydrogen-bond donors (Lipinski definition) is 0. The molecule has 19 heavy (non-hydrogen) atoms. The molecule has 104 valence electrons. The molecule has 2 atom stereocenters. The van der Waals surface area contributed by atoms with Crippen molar-refractivity contribution in [2.45, 2.75) is 39.3 Å². The van der Waals surface area contributed by atoms with Gasteiger partial charge in [0.2, 0.25) is 0 Å². The van der Waals surface area contributed by atoms with Gasteiger partial charge in [-0.05, 0) is 54.5 Å². The highest BCUT2D eigenvalue weighted by Crippen LogP contribution is 2.22. The Morgan fingerprint density at radius 2 is 2.26 bits per heavy atom. The van der Waals surface area contributed by atoms with Crippen LogP contribution in [0.3, 0.4) is 0 Å². The number of carbonyl (C=O) groups excluding carboxylic acids is 1. The lowest BCUT2D eigenvalue weighted by molar-refractivity contribution is -0.0444. The highest BCUT2D eigenvalue weighted by molar-refractivity contribution is 14.1. The molecule has 1 fully saturated rings. The zero-order valence-corrected chi connectivity index (χ0v) is 13.8. The lowest BCUT2D eigenvalue weighted by Crippen LogP contribution is -2.51. The predicted molar refractivity (Wildman–Crippen MR) is 84.4 cm³/mol. The van der Waals surface area contributed by atoms with Crippen LogP contribution in [0.5, 0.6) is 0 Å². The van der Waals surface area contributed by atoms with Crippen molar-refractivity contribution in [2.24, 2.45) is 0 Å². The van der Waals surface area contributed by atoms with Gasteiger partial charge < -0.3 is 9.64 Å². The summed E-state index contributed by atoms with van der Waals surface area (Å²) in [5, 5.41) is 0. The molecule has 0 aliphatic carbocycles. The molecular weight excluding hydrogens is 353 g/mol. The molecule has 1 aliphatic rings. The van der Waals surface area contributed by atoms with E-state index in [1.807, 2.05) is 36.9 Å². The number of benzene rings is 1. The summed E-state index contributed by atoms with van der Waals surface area (Å²) in [7, 11) is 0. The van der Waals surface area contributed by atoms with Crippen LogP contribution in [0.15, 0.2) is 18.2 Å². The molecule has 0 saturated carbocycles. The summed E-state index contributed by atoms with van der Waals surface area (Å²) < 4.78 is 6.71. The van der Waals surface area contributed by atoms with Gasteiger partial charge in [-0.25, -0.2) is 0 Å². The van der Waals surface area contributed by atoms with Crippen molar-refractivity contribution in [2.75, 3.05) is 13.2 Å². The van der Waals surface area contributed by atoms with Gasteiger partial charge in [-0.1, -0.05) is 19.1 Å². The highest BCUT2D eigenvalue weighted by Gasteiger charge is 2.30. The van der Waals surface area contributed by atoms with E-state index in [4.69, 9.17) is 4.74 Å². The van der Waals surface area contributed by atoms with Crippen LogP contribution in [-0.4, -0.2) is 36.1 Å². The molecular formula is C15H20INO2. The van der Waals surface area contributed by atoms with E-state index in [1.165, 1.54) is 0 Å². The Bertz CT molecular complexity index is 475. The minimum absolute atomic E-state index is 0.120. The summed E-state index contributed by atoms with van der Waals surface area (Å²) in [4.78, 5) is 14.7. The molecule has 1 amide bonds. The third-order valence-electron chi connectivity index (χ3n) is 3.62. The molecule has 2 rings (SSSR count). The lowest BCUT2D eigenvalue weighted by Gasteiger charge is -2.38. The number of hydrogen-bond acceptors (Lipinski definition) is 2. The predicted octanol–water partition coefficient (Wildman–Crippen LogP) is 3.24. The van der Waals surface area contributed by atoms with Crippen LogP contribution < -0.4 is 0 Å². The van der Waals surface area contributed by atoms with E-state index in [9.17, 15) is 4.79 Å². The van der Waals surface area contributed by atoms with Crippen LogP contribution in [0.25, 0.3) is 0 Å². The maximum Gasteiger partial charge on any atom is 0.255 e. The lowest BCUT2D eigenvalue weighted by atomic mass is 10.1. The first kappa shape index (κ1) is 14.8. The molecule has 0 radical (unpaired) electrons. The van der Waals surface area contributed by atoms with Crippen LogP contribution in [0.2, 0.25) is 0 Å². The number of rotatable bonds is 2. The van der Waals surface area contributed by atoms with Crippen LogP contribution in [-0.2, 0) is 4.74 Å². The Morgan fingerprint density at radius 1 is 1.53 bits per heavy atom. The Kier molecular flexibility index (Phi) is 4.84. The zero-order chi connectivity index (χ0) is 14.0. The SMILES string of the molecule is CCC1COC(C)CN1C(=O)c1cccc(C)c1I. The van der Waals surface area contributed by atoms with Crippen LogP contribution in [0.1, 0.15) is 36.2 Å². The average Bonchev–Trinajstić information content (AvgIpc) is 2.41. The maximum atomic E-state index is 12.8. The fourth-order valence-corrected chi connectivity index (χ4v) is 2.99. The standard InChI is InChI=1S/C15H20INO2/c1-4-12-9-19-11(3)8-17(12)15(18)13-7-5-6-10(2)14(13)16/h5-7,11-12H,4,8-9H2,1-3H3. The third-order valence-corrected chi connectivity index (χ3v) is 5.05. The number of halogens is 1. The smallest absolute Gasteiger partial charge is 0.255 e. The number of aryl methyl sites for hydroxylation is 1. The van der Waals surface area contributed by atoms with Gasteiger partial charge in [-0.3, -0.25) is 4.79 Å². The number of carbonyl (C=O) groups is 1. The van der Waals surface area contributed by atoms with Gasteiger partial charge >= 0.3 is 0 Å². The van der Waals surface area contributed by atoms with Gasteiger partial charge in [-0.15, -0.1) is 0 Å². The van der Waals surface area contributed by atoms with Gasteiger partial charge in [-0.2, -0.15) is 0 Å². The van der Waals surface area contributed by atoms with Crippen LogP contribution in [0.4, 0.5) is 0 Å². The van der Waals surface area contributed by atoms with Crippen molar-refractivity contribution in [3.8, 4) is 0 Å². The van der Waals surface area contributed by atoms with E-state index < -0.39 is 0 Å². The van der Waals surface area contributed by atoms with Crippen molar-refractivity contribution in [3.05, 3.63) is 32.9 Å². The van der Waals surface area contributed by atoms with Gasteiger partial charge in [0.15, 0.2) is 0 Å². The fourth-order valence-electron chi connectivity index (χ4n) is 2.40. The summed E-state index contributed by atoms with van der Waals surface area (Å²) >= 11 is 2.26. The molecule has 0 aromatic heterocycles. The Labute approximate surface area is 128 Å². The average molecular weight is 373 g/mol. The Morgan fingerprint density at radius 3 is 2.95 bits per heavy atom. The second kappa shape index (κ2) is 6.22. The summed E-state index contributed by atoms with van der Waals surface area (Å²) in [6, 6.07) is 6.11. The van der Waals surface area contributed by atoms with Crippen molar-refractivity contribution >= 4 is 28.5 Å². The van der Waals surface area contributed by atoms with Gasteiger partial charge in [0.05, 0.1) is 24.3 Å². The van der Waals surface area contributed by atoms with E-state index in [0.29, 0.717) is 13.2 Å². The summed E-state index contributed by atoms with van der Waals surface area (Å²) in [5.74, 6) is 0.134. The molecule has 0 bridgehead atoms. The summed E-state index contributed by atoms with van der Waals surface area (Å²) in [6.45, 7) is 7.49. The number of morpholine rings is 1. The zero-order valence-electron chi connectivity index (χ0n) is 11.6. The number of amides is 1. The second-order valence-corrected chi connectivity index (χ2v) is 6.18. The van der Waals surface area contributed by atoms with Crippen molar-refractivity contribution in [1.82, 2.24) is 4.90 Å². The summed E-state index contributed by atoms with van der Waals surface area (Å²) in [6.07, 6.45) is 1.05. The molecule has 1 aliphatic heterocycles. The minimum Gasteiger partial charge on any atom is -0.375 e. The highest BCUT2D eigenvalue weighted by atomic mass is 127. The largest absolute Gasteiger partial charge is 0.375 e. The van der Waals surface area contributed by atoms with Crippen molar-refractivity contribution < 1.29 is 9.53 Å². The first-order valence-electron chi connectivity index (χ1n) is 6.72. The summed E-state index contributed by atoms with van der Waals surface area (Å²) in [5.41, 5.74) is 1.97. The van der Waals surface area contributed by atoms with Crippen molar-refractivity contribution in [3.63, 3.8) is 0 Å². The van der Waals surface area contributed by atoms with E-state index >= 15 is 0 Å². The second-order valence-electron chi connectivity index (χ2n) is 5.10. The molecule has 0 N–H and O–H groups in total. The normalized spacial score (nSPS) is 23.5. The molecule has 4 heteroatoms. The van der Waals surface area contributed by atoms with Crippen LogP contribution >= 0.6 is 22.6 Å². The Balaban J connectivity index is 2.28.